The molecule has 0 bridgehead atoms. The van der Waals surface area contributed by atoms with E-state index in [4.69, 9.17) is 0 Å². The third-order valence-electron chi connectivity index (χ3n) is 4.13. The van der Waals surface area contributed by atoms with Gasteiger partial charge in [-0.25, -0.2) is 0 Å². The lowest BCUT2D eigenvalue weighted by atomic mass is 10.0. The predicted molar refractivity (Wildman–Crippen MR) is 94.1 cm³/mol. The van der Waals surface area contributed by atoms with Crippen LogP contribution in [0.3, 0.4) is 0 Å². The number of hydrogen-bond donors (Lipinski definition) is 2. The van der Waals surface area contributed by atoms with Crippen molar-refractivity contribution in [1.29, 1.82) is 0 Å². The Morgan fingerprint density at radius 2 is 2.23 bits per heavy atom. The van der Waals surface area contributed by atoms with Crippen LogP contribution < -0.4 is 10.6 Å². The zero-order valence-corrected chi connectivity index (χ0v) is 14.3. The Balaban J connectivity index is 1.45. The molecular weight excluding hydrogens is 340 g/mol. The van der Waals surface area contributed by atoms with Crippen molar-refractivity contribution in [2.75, 3.05) is 18.4 Å². The molecule has 1 unspecified atom stereocenters. The first-order valence-corrected chi connectivity index (χ1v) is 8.86. The van der Waals surface area contributed by atoms with E-state index in [9.17, 15) is 0 Å². The molecule has 1 aliphatic rings. The van der Waals surface area contributed by atoms with Crippen molar-refractivity contribution < 1.29 is 0 Å². The van der Waals surface area contributed by atoms with Gasteiger partial charge in [-0.15, -0.1) is 0 Å². The summed E-state index contributed by atoms with van der Waals surface area (Å²) in [6.07, 6.45) is 8.61. The van der Waals surface area contributed by atoms with E-state index in [0.717, 1.165) is 30.5 Å². The second-order valence-corrected chi connectivity index (χ2v) is 6.71. The quantitative estimate of drug-likeness (QED) is 0.764. The van der Waals surface area contributed by atoms with Gasteiger partial charge in [0.05, 0.1) is 10.7 Å². The minimum Gasteiger partial charge on any atom is -0.385 e. The molecule has 5 heteroatoms. The van der Waals surface area contributed by atoms with Gasteiger partial charge in [0.2, 0.25) is 0 Å². The first-order valence-electron chi connectivity index (χ1n) is 8.07. The Hall–Kier alpha value is -1.33. The summed E-state index contributed by atoms with van der Waals surface area (Å²) in [5, 5.41) is 11.5. The van der Waals surface area contributed by atoms with Gasteiger partial charge in [-0.1, -0.05) is 18.2 Å². The highest BCUT2D eigenvalue weighted by Gasteiger charge is 2.16. The van der Waals surface area contributed by atoms with E-state index in [-0.39, 0.29) is 0 Å². The molecule has 0 aliphatic carbocycles. The van der Waals surface area contributed by atoms with Gasteiger partial charge in [-0.2, -0.15) is 5.10 Å². The van der Waals surface area contributed by atoms with Crippen LogP contribution >= 0.6 is 15.9 Å². The van der Waals surface area contributed by atoms with E-state index in [1.807, 2.05) is 17.1 Å². The van der Waals surface area contributed by atoms with Gasteiger partial charge in [0.15, 0.2) is 0 Å². The van der Waals surface area contributed by atoms with Crippen LogP contribution in [0.1, 0.15) is 37.3 Å². The van der Waals surface area contributed by atoms with E-state index in [0.29, 0.717) is 6.04 Å². The summed E-state index contributed by atoms with van der Waals surface area (Å²) in [4.78, 5) is 0. The molecule has 0 spiro atoms. The predicted octanol–water partition coefficient (Wildman–Crippen LogP) is 3.96. The molecule has 0 saturated carbocycles. The third kappa shape index (κ3) is 4.11. The lowest BCUT2D eigenvalue weighted by molar-refractivity contribution is 0.469. The van der Waals surface area contributed by atoms with E-state index in [1.54, 1.807) is 0 Å². The highest BCUT2D eigenvalue weighted by Crippen LogP contribution is 2.28. The van der Waals surface area contributed by atoms with Gasteiger partial charge in [-0.05, 0) is 59.8 Å². The first-order chi connectivity index (χ1) is 10.8. The van der Waals surface area contributed by atoms with Crippen molar-refractivity contribution in [1.82, 2.24) is 15.1 Å². The van der Waals surface area contributed by atoms with Crippen LogP contribution in [0.25, 0.3) is 0 Å². The highest BCUT2D eigenvalue weighted by molar-refractivity contribution is 9.10. The molecule has 1 aromatic carbocycles. The number of fused-ring (bicyclic) bond motifs is 1. The van der Waals surface area contributed by atoms with Crippen LogP contribution in [0.5, 0.6) is 0 Å². The summed E-state index contributed by atoms with van der Waals surface area (Å²) in [7, 11) is 0. The van der Waals surface area contributed by atoms with E-state index < -0.39 is 0 Å². The fourth-order valence-corrected chi connectivity index (χ4v) is 3.32. The van der Waals surface area contributed by atoms with Crippen molar-refractivity contribution in [2.45, 2.75) is 38.3 Å². The summed E-state index contributed by atoms with van der Waals surface area (Å²) < 4.78 is 3.04. The minimum atomic E-state index is 0.477. The molecule has 0 saturated heterocycles. The number of unbranched alkanes of at least 4 members (excludes halogenated alkanes) is 1. The zero-order chi connectivity index (χ0) is 15.2. The summed E-state index contributed by atoms with van der Waals surface area (Å²) in [5.74, 6) is 0. The normalized spacial score (nSPS) is 17.6. The molecule has 4 nitrogen and oxygen atoms in total. The fraction of sp³-hybridized carbons (Fsp3) is 0.471. The molecule has 22 heavy (non-hydrogen) atoms. The van der Waals surface area contributed by atoms with Gasteiger partial charge < -0.3 is 10.6 Å². The highest BCUT2D eigenvalue weighted by atomic mass is 79.9. The molecule has 118 valence electrons. The van der Waals surface area contributed by atoms with Crippen molar-refractivity contribution in [3.63, 3.8) is 0 Å². The molecule has 0 fully saturated rings. The Labute approximate surface area is 140 Å². The SMILES string of the molecule is Brc1cnn(CCCCNC2CCCNc3ccccc32)c1. The summed E-state index contributed by atoms with van der Waals surface area (Å²) in [6.45, 7) is 3.11. The standard InChI is InChI=1S/C17H23BrN4/c18-14-12-21-22(13-14)11-4-3-9-19-17-8-5-10-20-16-7-2-1-6-15(16)17/h1-2,6-7,12-13,17,19-20H,3-5,8-11H2. The molecule has 3 rings (SSSR count). The van der Waals surface area contributed by atoms with Crippen LogP contribution in [-0.2, 0) is 6.54 Å². The maximum atomic E-state index is 4.29. The van der Waals surface area contributed by atoms with Crippen LogP contribution in [0.15, 0.2) is 41.1 Å². The number of rotatable bonds is 6. The van der Waals surface area contributed by atoms with E-state index in [2.05, 4.69) is 55.9 Å². The maximum absolute atomic E-state index is 4.29. The number of aryl methyl sites for hydroxylation is 1. The number of anilines is 1. The number of para-hydroxylation sites is 1. The smallest absolute Gasteiger partial charge is 0.0632 e. The Kier molecular flexibility index (Phi) is 5.51. The largest absolute Gasteiger partial charge is 0.385 e. The molecule has 2 heterocycles. The first kappa shape index (κ1) is 15.6. The van der Waals surface area contributed by atoms with Gasteiger partial charge in [0, 0.05) is 31.0 Å². The molecular formula is C17H23BrN4. The lowest BCUT2D eigenvalue weighted by Gasteiger charge is -2.19. The average molecular weight is 363 g/mol. The van der Waals surface area contributed by atoms with Gasteiger partial charge in [-0.3, -0.25) is 4.68 Å². The molecule has 1 aliphatic heterocycles. The Morgan fingerprint density at radius 3 is 3.09 bits per heavy atom. The Bertz CT molecular complexity index is 596. The van der Waals surface area contributed by atoms with Gasteiger partial charge >= 0.3 is 0 Å². The third-order valence-corrected chi connectivity index (χ3v) is 4.54. The second kappa shape index (κ2) is 7.79. The van der Waals surface area contributed by atoms with Crippen LogP contribution in [0, 0.1) is 0 Å². The maximum Gasteiger partial charge on any atom is 0.0632 e. The molecule has 0 radical (unpaired) electrons. The molecule has 1 atom stereocenters. The topological polar surface area (TPSA) is 41.9 Å². The molecule has 0 amide bonds. The molecule has 2 aromatic rings. The second-order valence-electron chi connectivity index (χ2n) is 5.79. The zero-order valence-electron chi connectivity index (χ0n) is 12.8. The van der Waals surface area contributed by atoms with E-state index in [1.165, 1.54) is 30.5 Å². The summed E-state index contributed by atoms with van der Waals surface area (Å²) >= 11 is 3.43. The Morgan fingerprint density at radius 1 is 1.32 bits per heavy atom. The summed E-state index contributed by atoms with van der Waals surface area (Å²) in [6, 6.07) is 9.15. The van der Waals surface area contributed by atoms with Gasteiger partial charge in [0.1, 0.15) is 0 Å². The number of aromatic nitrogens is 2. The van der Waals surface area contributed by atoms with Crippen molar-refractivity contribution in [3.05, 3.63) is 46.7 Å². The van der Waals surface area contributed by atoms with Crippen LogP contribution in [-0.4, -0.2) is 22.9 Å². The van der Waals surface area contributed by atoms with Crippen LogP contribution in [0.2, 0.25) is 0 Å². The monoisotopic (exact) mass is 362 g/mol. The van der Waals surface area contributed by atoms with Crippen molar-refractivity contribution in [2.24, 2.45) is 0 Å². The van der Waals surface area contributed by atoms with Crippen molar-refractivity contribution >= 4 is 21.6 Å². The summed E-state index contributed by atoms with van der Waals surface area (Å²) in [5.41, 5.74) is 2.70. The number of hydrogen-bond acceptors (Lipinski definition) is 3. The van der Waals surface area contributed by atoms with Crippen LogP contribution in [0.4, 0.5) is 5.69 Å². The van der Waals surface area contributed by atoms with Crippen molar-refractivity contribution in [3.8, 4) is 0 Å². The van der Waals surface area contributed by atoms with E-state index >= 15 is 0 Å². The lowest BCUT2D eigenvalue weighted by Crippen LogP contribution is -2.22. The number of benzene rings is 1. The fourth-order valence-electron chi connectivity index (χ4n) is 2.99. The number of halogens is 1. The minimum absolute atomic E-state index is 0.477. The van der Waals surface area contributed by atoms with Gasteiger partial charge in [0.25, 0.3) is 0 Å². The average Bonchev–Trinajstić information content (AvgIpc) is 2.83. The number of nitrogens with zero attached hydrogens (tertiary/aromatic N) is 2. The number of nitrogens with one attached hydrogen (secondary N) is 2. The molecule has 1 aromatic heterocycles. The molecule has 2 N–H and O–H groups in total.